The smallest absolute Gasteiger partial charge is 0.172 e. The average molecular weight is 279 g/mol. The predicted molar refractivity (Wildman–Crippen MR) is 82.7 cm³/mol. The van der Waals surface area contributed by atoms with E-state index in [0.717, 1.165) is 29.8 Å². The minimum atomic E-state index is 0.134. The first kappa shape index (κ1) is 16.3. The summed E-state index contributed by atoms with van der Waals surface area (Å²) in [7, 11) is 1.69. The van der Waals surface area contributed by atoms with Crippen molar-refractivity contribution in [3.05, 3.63) is 29.3 Å². The van der Waals surface area contributed by atoms with Crippen molar-refractivity contribution in [3.63, 3.8) is 0 Å². The third-order valence-corrected chi connectivity index (χ3v) is 3.57. The van der Waals surface area contributed by atoms with Crippen LogP contribution in [0.4, 0.5) is 5.69 Å². The number of anilines is 1. The zero-order chi connectivity index (χ0) is 15.1. The van der Waals surface area contributed by atoms with Crippen LogP contribution in [0.25, 0.3) is 0 Å². The molecule has 0 radical (unpaired) electrons. The van der Waals surface area contributed by atoms with Gasteiger partial charge in [-0.3, -0.25) is 0 Å². The lowest BCUT2D eigenvalue weighted by atomic mass is 10.0. The average Bonchev–Trinajstić information content (AvgIpc) is 2.47. The summed E-state index contributed by atoms with van der Waals surface area (Å²) in [4.78, 5) is 2.26. The van der Waals surface area contributed by atoms with Crippen molar-refractivity contribution in [2.75, 3.05) is 25.2 Å². The molecule has 0 aliphatic carbocycles. The van der Waals surface area contributed by atoms with Crippen molar-refractivity contribution < 1.29 is 9.94 Å². The number of benzene rings is 1. The Bertz CT molecular complexity index is 460. The number of oxime groups is 1. The van der Waals surface area contributed by atoms with Gasteiger partial charge in [0.1, 0.15) is 0 Å². The molecule has 0 spiro atoms. The van der Waals surface area contributed by atoms with Crippen molar-refractivity contribution >= 4 is 11.5 Å². The molecule has 1 aromatic rings. The number of hydrogen-bond acceptors (Lipinski definition) is 4. The molecule has 1 aromatic carbocycles. The summed E-state index contributed by atoms with van der Waals surface area (Å²) >= 11 is 0. The normalized spacial score (nSPS) is 13.3. The van der Waals surface area contributed by atoms with Gasteiger partial charge < -0.3 is 20.6 Å². The molecule has 0 bridgehead atoms. The van der Waals surface area contributed by atoms with Crippen molar-refractivity contribution in [2.24, 2.45) is 10.9 Å². The number of ether oxygens (including phenoxy) is 1. The number of nitrogens with two attached hydrogens (primary N) is 1. The molecule has 5 heteroatoms. The van der Waals surface area contributed by atoms with Crippen LogP contribution in [0.5, 0.6) is 0 Å². The maximum atomic E-state index is 8.98. The lowest BCUT2D eigenvalue weighted by Crippen LogP contribution is -2.37. The second-order valence-corrected chi connectivity index (χ2v) is 4.90. The Morgan fingerprint density at radius 3 is 2.75 bits per heavy atom. The highest BCUT2D eigenvalue weighted by Crippen LogP contribution is 2.27. The molecular weight excluding hydrogens is 254 g/mol. The van der Waals surface area contributed by atoms with E-state index in [2.05, 4.69) is 23.9 Å². The molecule has 0 saturated heterocycles. The van der Waals surface area contributed by atoms with Crippen LogP contribution >= 0.6 is 0 Å². The van der Waals surface area contributed by atoms with Gasteiger partial charge >= 0.3 is 0 Å². The van der Waals surface area contributed by atoms with Gasteiger partial charge in [0.15, 0.2) is 5.84 Å². The topological polar surface area (TPSA) is 71.1 Å². The third-order valence-electron chi connectivity index (χ3n) is 3.57. The van der Waals surface area contributed by atoms with Crippen LogP contribution in [-0.2, 0) is 4.74 Å². The van der Waals surface area contributed by atoms with E-state index in [0.29, 0.717) is 12.6 Å². The van der Waals surface area contributed by atoms with E-state index in [4.69, 9.17) is 15.7 Å². The number of aryl methyl sites for hydroxylation is 1. The van der Waals surface area contributed by atoms with Gasteiger partial charge in [-0.05, 0) is 31.9 Å². The molecule has 0 aliphatic rings. The Labute approximate surface area is 121 Å². The number of hydrogen-bond donors (Lipinski definition) is 2. The molecule has 1 atom stereocenters. The van der Waals surface area contributed by atoms with Crippen molar-refractivity contribution in [1.82, 2.24) is 0 Å². The Kier molecular flexibility index (Phi) is 6.31. The van der Waals surface area contributed by atoms with Crippen LogP contribution in [0.1, 0.15) is 31.4 Å². The molecule has 0 saturated carbocycles. The van der Waals surface area contributed by atoms with E-state index in [1.807, 2.05) is 25.1 Å². The van der Waals surface area contributed by atoms with E-state index < -0.39 is 0 Å². The fraction of sp³-hybridized carbons (Fsp3) is 0.533. The summed E-state index contributed by atoms with van der Waals surface area (Å²) < 4.78 is 5.20. The van der Waals surface area contributed by atoms with Crippen LogP contribution in [0, 0.1) is 6.92 Å². The highest BCUT2D eigenvalue weighted by Gasteiger charge is 2.20. The molecule has 0 aromatic heterocycles. The van der Waals surface area contributed by atoms with Crippen molar-refractivity contribution in [2.45, 2.75) is 33.2 Å². The molecular formula is C15H25N3O2. The molecule has 0 aliphatic heterocycles. The zero-order valence-corrected chi connectivity index (χ0v) is 12.8. The number of para-hydroxylation sites is 1. The minimum absolute atomic E-state index is 0.134. The van der Waals surface area contributed by atoms with E-state index in [1.165, 1.54) is 0 Å². The van der Waals surface area contributed by atoms with Crippen molar-refractivity contribution in [1.29, 1.82) is 0 Å². The molecule has 1 unspecified atom stereocenters. The van der Waals surface area contributed by atoms with Crippen LogP contribution in [0.15, 0.2) is 23.4 Å². The van der Waals surface area contributed by atoms with Crippen LogP contribution in [0.3, 0.4) is 0 Å². The molecule has 1 rings (SSSR count). The highest BCUT2D eigenvalue weighted by atomic mass is 16.5. The summed E-state index contributed by atoms with van der Waals surface area (Å²) in [5.41, 5.74) is 8.68. The largest absolute Gasteiger partial charge is 0.409 e. The molecule has 20 heavy (non-hydrogen) atoms. The molecule has 3 N–H and O–H groups in total. The summed E-state index contributed by atoms with van der Waals surface area (Å²) in [5.74, 6) is 0.134. The quantitative estimate of drug-likeness (QED) is 0.348. The van der Waals surface area contributed by atoms with E-state index >= 15 is 0 Å². The monoisotopic (exact) mass is 279 g/mol. The number of amidine groups is 1. The van der Waals surface area contributed by atoms with E-state index in [9.17, 15) is 0 Å². The summed E-state index contributed by atoms with van der Waals surface area (Å²) in [6.07, 6.45) is 1.01. The van der Waals surface area contributed by atoms with Crippen LogP contribution in [0.2, 0.25) is 0 Å². The Hall–Kier alpha value is -1.75. The fourth-order valence-corrected chi connectivity index (χ4v) is 2.26. The number of rotatable bonds is 7. The van der Waals surface area contributed by atoms with Gasteiger partial charge in [-0.1, -0.05) is 24.2 Å². The SMILES string of the molecule is CCC(C)N(CCOC)c1c(C)cccc1/C(N)=N/O. The van der Waals surface area contributed by atoms with Gasteiger partial charge in [0.05, 0.1) is 12.3 Å². The van der Waals surface area contributed by atoms with Gasteiger partial charge in [-0.2, -0.15) is 0 Å². The summed E-state index contributed by atoms with van der Waals surface area (Å²) in [5, 5.41) is 12.1. The summed E-state index contributed by atoms with van der Waals surface area (Å²) in [6, 6.07) is 6.17. The van der Waals surface area contributed by atoms with Gasteiger partial charge in [-0.25, -0.2) is 0 Å². The van der Waals surface area contributed by atoms with Crippen LogP contribution < -0.4 is 10.6 Å². The van der Waals surface area contributed by atoms with Gasteiger partial charge in [0.2, 0.25) is 0 Å². The zero-order valence-electron chi connectivity index (χ0n) is 12.8. The van der Waals surface area contributed by atoms with E-state index in [1.54, 1.807) is 7.11 Å². The maximum absolute atomic E-state index is 8.98. The van der Waals surface area contributed by atoms with Gasteiger partial charge in [0.25, 0.3) is 0 Å². The van der Waals surface area contributed by atoms with E-state index in [-0.39, 0.29) is 5.84 Å². The standard InChI is InChI=1S/C15H25N3O2/c1-5-12(3)18(9-10-20-4)14-11(2)7-6-8-13(14)15(16)17-19/h6-8,12,19H,5,9-10H2,1-4H3,(H2,16,17). The molecule has 5 nitrogen and oxygen atoms in total. The molecule has 0 amide bonds. The second kappa shape index (κ2) is 7.75. The minimum Gasteiger partial charge on any atom is -0.409 e. The van der Waals surface area contributed by atoms with Crippen molar-refractivity contribution in [3.8, 4) is 0 Å². The Balaban J connectivity index is 3.30. The Morgan fingerprint density at radius 2 is 2.20 bits per heavy atom. The molecule has 112 valence electrons. The number of methoxy groups -OCH3 is 1. The number of nitrogens with zero attached hydrogens (tertiary/aromatic N) is 2. The van der Waals surface area contributed by atoms with Gasteiger partial charge in [-0.15, -0.1) is 0 Å². The predicted octanol–water partition coefficient (Wildman–Crippen LogP) is 2.34. The fourth-order valence-electron chi connectivity index (χ4n) is 2.26. The van der Waals surface area contributed by atoms with Crippen LogP contribution in [-0.4, -0.2) is 37.3 Å². The lowest BCUT2D eigenvalue weighted by Gasteiger charge is -2.33. The first-order valence-electron chi connectivity index (χ1n) is 6.89. The molecule has 0 heterocycles. The Morgan fingerprint density at radius 1 is 1.50 bits per heavy atom. The molecule has 0 fully saturated rings. The second-order valence-electron chi connectivity index (χ2n) is 4.90. The third kappa shape index (κ3) is 3.63. The first-order valence-corrected chi connectivity index (χ1v) is 6.89. The van der Waals surface area contributed by atoms with Gasteiger partial charge in [0, 0.05) is 25.3 Å². The first-order chi connectivity index (χ1) is 9.56. The maximum Gasteiger partial charge on any atom is 0.172 e. The summed E-state index contributed by atoms with van der Waals surface area (Å²) in [6.45, 7) is 7.74. The lowest BCUT2D eigenvalue weighted by molar-refractivity contribution is 0.203. The highest BCUT2D eigenvalue weighted by molar-refractivity contribution is 6.02.